The molecule has 0 aromatic heterocycles. The number of aliphatic hydroxyl groups excluding tert-OH is 1. The van der Waals surface area contributed by atoms with Gasteiger partial charge in [0.25, 0.3) is 0 Å². The van der Waals surface area contributed by atoms with E-state index < -0.39 is 16.2 Å². The summed E-state index contributed by atoms with van der Waals surface area (Å²) < 4.78 is 16.9. The molecule has 0 aliphatic heterocycles. The predicted octanol–water partition coefficient (Wildman–Crippen LogP) is -1.43. The van der Waals surface area contributed by atoms with Gasteiger partial charge in [-0.1, -0.05) is 0 Å². The van der Waals surface area contributed by atoms with Crippen LogP contribution in [0.4, 0.5) is 0 Å². The van der Waals surface area contributed by atoms with Crippen molar-refractivity contribution >= 4 is 26.2 Å². The van der Waals surface area contributed by atoms with Gasteiger partial charge in [-0.2, -0.15) is 0 Å². The third-order valence-electron chi connectivity index (χ3n) is 0. The van der Waals surface area contributed by atoms with E-state index in [4.69, 9.17) is 12.5 Å². The summed E-state index contributed by atoms with van der Waals surface area (Å²) in [7, 11) is 0. The third kappa shape index (κ3) is 168. The summed E-state index contributed by atoms with van der Waals surface area (Å²) in [5.41, 5.74) is 0. The first kappa shape index (κ1) is 15.7. The van der Waals surface area contributed by atoms with Gasteiger partial charge in [0.15, 0.2) is 0 Å². The van der Waals surface area contributed by atoms with Gasteiger partial charge >= 0.3 is 49.7 Å². The molecule has 1 N–H and O–H groups in total. The van der Waals surface area contributed by atoms with Crippen molar-refractivity contribution in [3.63, 3.8) is 0 Å². The van der Waals surface area contributed by atoms with E-state index >= 15 is 0 Å². The maximum absolute atomic E-state index is 8.47. The fourth-order valence-corrected chi connectivity index (χ4v) is 0. The monoisotopic (exact) mass is 341 g/mol. The average Bonchev–Trinajstić information content (AvgIpc) is 1.39. The zero-order valence-electron chi connectivity index (χ0n) is 4.13. The molecule has 0 aromatic carbocycles. The van der Waals surface area contributed by atoms with E-state index in [0.717, 1.165) is 0 Å². The van der Waals surface area contributed by atoms with Crippen molar-refractivity contribution in [1.82, 2.24) is 0 Å². The number of hydrogen-bond donors (Lipinski definition) is 1. The number of hydrogen-bond acceptors (Lipinski definition) is 3. The molecule has 45 valence electrons. The second kappa shape index (κ2) is 27.9. The molecule has 0 atom stereocenters. The van der Waals surface area contributed by atoms with Crippen molar-refractivity contribution in [1.29, 1.82) is 0 Å². The van der Waals surface area contributed by atoms with Crippen LogP contribution < -0.4 is 0 Å². The minimum absolute atomic E-state index is 0. The van der Waals surface area contributed by atoms with Crippen LogP contribution in [0.25, 0.3) is 0 Å². The van der Waals surface area contributed by atoms with Crippen LogP contribution in [0.3, 0.4) is 0 Å². The molecule has 0 saturated heterocycles. The van der Waals surface area contributed by atoms with Gasteiger partial charge in [0.1, 0.15) is 0 Å². The number of rotatable bonds is 0. The SMILES string of the molecule is CCO.[BiH3].[O]=[V]=[O]. The fraction of sp³-hybridized carbons (Fsp3) is 1.00. The fourth-order valence-electron chi connectivity index (χ4n) is 0. The van der Waals surface area contributed by atoms with Crippen LogP contribution in [0.5, 0.6) is 0 Å². The van der Waals surface area contributed by atoms with Crippen LogP contribution in [0, 0.1) is 0 Å². The molecule has 0 spiro atoms. The molecule has 7 heavy (non-hydrogen) atoms. The second-order valence-corrected chi connectivity index (χ2v) is 0.624. The summed E-state index contributed by atoms with van der Waals surface area (Å²) in [6, 6.07) is 0. The maximum atomic E-state index is 8.47. The van der Waals surface area contributed by atoms with Crippen LogP contribution in [0.15, 0.2) is 0 Å². The molecular formula is C2H9BiO3V. The summed E-state index contributed by atoms with van der Waals surface area (Å²) >= 11 is -1.81. The van der Waals surface area contributed by atoms with Gasteiger partial charge in [0.2, 0.25) is 0 Å². The molecule has 3 nitrogen and oxygen atoms in total. The molecule has 5 heteroatoms. The Morgan fingerprint density at radius 3 is 1.57 bits per heavy atom. The Balaban J connectivity index is -0.0000000400. The van der Waals surface area contributed by atoms with Gasteiger partial charge in [-0.25, -0.2) is 0 Å². The van der Waals surface area contributed by atoms with E-state index in [2.05, 4.69) is 0 Å². The molecule has 0 rings (SSSR count). The van der Waals surface area contributed by atoms with E-state index in [1.54, 1.807) is 6.92 Å². The quantitative estimate of drug-likeness (QED) is 0.550. The van der Waals surface area contributed by atoms with E-state index in [9.17, 15) is 0 Å². The molecule has 0 aromatic rings. The molecule has 0 bridgehead atoms. The van der Waals surface area contributed by atoms with E-state index in [0.29, 0.717) is 0 Å². The first-order chi connectivity index (χ1) is 2.83. The van der Waals surface area contributed by atoms with Crippen molar-refractivity contribution < 1.29 is 28.6 Å². The molecular weight excluding hydrogens is 332 g/mol. The van der Waals surface area contributed by atoms with Crippen molar-refractivity contribution in [2.24, 2.45) is 0 Å². The zero-order chi connectivity index (χ0) is 5.41. The Morgan fingerprint density at radius 2 is 1.57 bits per heavy atom. The molecule has 0 aliphatic rings. The Labute approximate surface area is 68.1 Å². The summed E-state index contributed by atoms with van der Waals surface area (Å²) in [6.45, 7) is 1.93. The van der Waals surface area contributed by atoms with Crippen LogP contribution in [0.2, 0.25) is 0 Å². The minimum atomic E-state index is -1.81. The van der Waals surface area contributed by atoms with E-state index in [-0.39, 0.29) is 32.8 Å². The topological polar surface area (TPSA) is 54.4 Å². The molecule has 0 aliphatic carbocycles. The summed E-state index contributed by atoms with van der Waals surface area (Å²) in [5.74, 6) is 0. The molecule has 0 radical (unpaired) electrons. The summed E-state index contributed by atoms with van der Waals surface area (Å²) in [5, 5.41) is 7.57. The summed E-state index contributed by atoms with van der Waals surface area (Å²) in [6.07, 6.45) is 0. The van der Waals surface area contributed by atoms with Crippen molar-refractivity contribution in [3.8, 4) is 0 Å². The van der Waals surface area contributed by atoms with E-state index in [1.165, 1.54) is 0 Å². The standard InChI is InChI=1S/C2H6O.Bi.2O.V.3H/c1-2-3;;;;;;;/h3H,2H2,1H3;;;;;;;. The van der Waals surface area contributed by atoms with Crippen LogP contribution in [0.1, 0.15) is 6.92 Å². The van der Waals surface area contributed by atoms with Crippen LogP contribution >= 0.6 is 0 Å². The van der Waals surface area contributed by atoms with Crippen molar-refractivity contribution in [3.05, 3.63) is 0 Å². The molecule has 0 unspecified atom stereocenters. The van der Waals surface area contributed by atoms with Gasteiger partial charge in [0, 0.05) is 6.61 Å². The number of aliphatic hydroxyl groups is 1. The Morgan fingerprint density at radius 1 is 1.57 bits per heavy atom. The van der Waals surface area contributed by atoms with Gasteiger partial charge in [-0.3, -0.25) is 0 Å². The molecule has 0 amide bonds. The second-order valence-electron chi connectivity index (χ2n) is 0.391. The van der Waals surface area contributed by atoms with Crippen molar-refractivity contribution in [2.45, 2.75) is 6.92 Å². The van der Waals surface area contributed by atoms with Gasteiger partial charge < -0.3 is 5.11 Å². The Hall–Kier alpha value is 1.03. The molecule has 0 heterocycles. The Bertz CT molecular complexity index is 42.2. The first-order valence-electron chi connectivity index (χ1n) is 1.39. The van der Waals surface area contributed by atoms with Gasteiger partial charge in [-0.15, -0.1) is 0 Å². The van der Waals surface area contributed by atoms with Crippen LogP contribution in [-0.2, 0) is 23.5 Å². The molecule has 0 saturated carbocycles. The van der Waals surface area contributed by atoms with Crippen LogP contribution in [-0.4, -0.2) is 37.9 Å². The van der Waals surface area contributed by atoms with Crippen molar-refractivity contribution in [2.75, 3.05) is 6.61 Å². The van der Waals surface area contributed by atoms with Gasteiger partial charge in [-0.05, 0) is 6.92 Å². The summed E-state index contributed by atoms with van der Waals surface area (Å²) in [4.78, 5) is 0. The normalized spacial score (nSPS) is 3.71. The van der Waals surface area contributed by atoms with E-state index in [1.807, 2.05) is 0 Å². The predicted molar refractivity (Wildman–Crippen MR) is 24.1 cm³/mol. The Kier molecular flexibility index (Phi) is 62.4. The zero-order valence-corrected chi connectivity index (χ0v) is 11.0. The first-order valence-corrected chi connectivity index (χ1v) is 2.53. The third-order valence-corrected chi connectivity index (χ3v) is 0. The van der Waals surface area contributed by atoms with Gasteiger partial charge in [0.05, 0.1) is 0 Å². The molecule has 0 fully saturated rings. The average molecular weight is 341 g/mol.